The summed E-state index contributed by atoms with van der Waals surface area (Å²) in [6.45, 7) is 0. The maximum Gasteiger partial charge on any atom is 0.0468 e. The van der Waals surface area contributed by atoms with E-state index in [2.05, 4.69) is 204 Å². The average Bonchev–Trinajstić information content (AvgIpc) is 3.60. The molecule has 10 rings (SSSR count). The number of benzene rings is 9. The topological polar surface area (TPSA) is 6.48 Å². The van der Waals surface area contributed by atoms with Crippen molar-refractivity contribution in [2.24, 2.45) is 0 Å². The molecule has 0 fully saturated rings. The SMILES string of the molecule is c1ccc(N(c2ccc(N(c3ccccc3)c3ccc4c5ccccc5c5c6ccccc6sc5c4c3)cc2)c2ccc3ccccc3c2)cc1. The standard InChI is InChI=1S/C48H32N2S/c1-3-15-35(16-4-1)49(39-24-23-33-13-7-8-14-34(33)31-39)37-25-27-38(28-26-37)50(36-17-5-2-6-18-36)40-29-30-42-41-19-9-10-20-43(41)47-44-21-11-12-22-46(44)51-48(47)45(42)32-40/h1-32H. The summed E-state index contributed by atoms with van der Waals surface area (Å²) >= 11 is 1.90. The molecule has 0 aliphatic heterocycles. The van der Waals surface area contributed by atoms with Gasteiger partial charge in [0.1, 0.15) is 0 Å². The van der Waals surface area contributed by atoms with Crippen LogP contribution in [0.1, 0.15) is 0 Å². The Kier molecular flexibility index (Phi) is 7.04. The first-order valence-corrected chi connectivity index (χ1v) is 18.2. The van der Waals surface area contributed by atoms with Crippen molar-refractivity contribution in [3.05, 3.63) is 194 Å². The van der Waals surface area contributed by atoms with E-state index < -0.39 is 0 Å². The molecule has 0 radical (unpaired) electrons. The van der Waals surface area contributed by atoms with Crippen molar-refractivity contribution in [2.45, 2.75) is 0 Å². The summed E-state index contributed by atoms with van der Waals surface area (Å²) in [5.74, 6) is 0. The first-order chi connectivity index (χ1) is 25.3. The number of para-hydroxylation sites is 2. The van der Waals surface area contributed by atoms with Crippen LogP contribution in [-0.2, 0) is 0 Å². The quantitative estimate of drug-likeness (QED) is 0.163. The average molecular weight is 669 g/mol. The van der Waals surface area contributed by atoms with Crippen molar-refractivity contribution in [1.82, 2.24) is 0 Å². The number of anilines is 6. The number of hydrogen-bond acceptors (Lipinski definition) is 3. The lowest BCUT2D eigenvalue weighted by Crippen LogP contribution is -2.12. The van der Waals surface area contributed by atoms with Crippen LogP contribution in [0.3, 0.4) is 0 Å². The van der Waals surface area contributed by atoms with Gasteiger partial charge in [-0.3, -0.25) is 0 Å². The number of nitrogens with zero attached hydrogens (tertiary/aromatic N) is 2. The van der Waals surface area contributed by atoms with Crippen molar-refractivity contribution in [3.63, 3.8) is 0 Å². The zero-order valence-corrected chi connectivity index (χ0v) is 28.6. The molecule has 0 bridgehead atoms. The first kappa shape index (κ1) is 29.5. The fourth-order valence-corrected chi connectivity index (χ4v) is 8.90. The Labute approximate surface area is 300 Å². The zero-order valence-electron chi connectivity index (χ0n) is 27.8. The van der Waals surface area contributed by atoms with Crippen molar-refractivity contribution in [3.8, 4) is 0 Å². The van der Waals surface area contributed by atoms with Crippen molar-refractivity contribution < 1.29 is 0 Å². The highest BCUT2D eigenvalue weighted by Crippen LogP contribution is 2.46. The van der Waals surface area contributed by atoms with E-state index in [0.29, 0.717) is 0 Å². The van der Waals surface area contributed by atoms with E-state index >= 15 is 0 Å². The Balaban J connectivity index is 1.14. The van der Waals surface area contributed by atoms with Crippen LogP contribution < -0.4 is 9.80 Å². The largest absolute Gasteiger partial charge is 0.310 e. The fraction of sp³-hybridized carbons (Fsp3) is 0. The monoisotopic (exact) mass is 668 g/mol. The van der Waals surface area contributed by atoms with Crippen LogP contribution in [0.5, 0.6) is 0 Å². The second-order valence-electron chi connectivity index (χ2n) is 13.0. The van der Waals surface area contributed by atoms with Gasteiger partial charge in [-0.2, -0.15) is 0 Å². The molecule has 0 aliphatic rings. The molecule has 0 spiro atoms. The Morgan fingerprint density at radius 2 is 0.765 bits per heavy atom. The van der Waals surface area contributed by atoms with Gasteiger partial charge in [0.25, 0.3) is 0 Å². The third-order valence-electron chi connectivity index (χ3n) is 9.97. The van der Waals surface area contributed by atoms with Crippen LogP contribution >= 0.6 is 11.3 Å². The molecule has 240 valence electrons. The molecule has 2 nitrogen and oxygen atoms in total. The Bertz CT molecular complexity index is 2860. The van der Waals surface area contributed by atoms with Gasteiger partial charge in [-0.15, -0.1) is 11.3 Å². The second kappa shape index (κ2) is 12.2. The molecule has 0 N–H and O–H groups in total. The predicted octanol–water partition coefficient (Wildman–Crippen LogP) is 14.5. The van der Waals surface area contributed by atoms with Crippen LogP contribution in [0, 0.1) is 0 Å². The second-order valence-corrected chi connectivity index (χ2v) is 14.0. The van der Waals surface area contributed by atoms with Gasteiger partial charge in [0.2, 0.25) is 0 Å². The van der Waals surface area contributed by atoms with Crippen molar-refractivity contribution in [2.75, 3.05) is 9.80 Å². The molecule has 0 saturated heterocycles. The molecule has 0 saturated carbocycles. The normalized spacial score (nSPS) is 11.5. The lowest BCUT2D eigenvalue weighted by atomic mass is 9.96. The van der Waals surface area contributed by atoms with Crippen LogP contribution in [0.4, 0.5) is 34.1 Å². The first-order valence-electron chi connectivity index (χ1n) is 17.4. The summed E-state index contributed by atoms with van der Waals surface area (Å²) in [5.41, 5.74) is 6.70. The van der Waals surface area contributed by atoms with Gasteiger partial charge in [0, 0.05) is 59.7 Å². The molecule has 0 atom stereocenters. The minimum absolute atomic E-state index is 1.10. The van der Waals surface area contributed by atoms with E-state index in [1.165, 1.54) is 52.5 Å². The molecule has 0 aliphatic carbocycles. The van der Waals surface area contributed by atoms with Crippen LogP contribution in [0.15, 0.2) is 194 Å². The van der Waals surface area contributed by atoms with Crippen LogP contribution in [0.25, 0.3) is 52.5 Å². The van der Waals surface area contributed by atoms with E-state index in [4.69, 9.17) is 0 Å². The maximum atomic E-state index is 2.39. The number of rotatable bonds is 6. The molecular formula is C48H32N2S. The highest BCUT2D eigenvalue weighted by molar-refractivity contribution is 7.27. The molecule has 9 aromatic carbocycles. The Morgan fingerprint density at radius 1 is 0.294 bits per heavy atom. The lowest BCUT2D eigenvalue weighted by molar-refractivity contribution is 1.26. The molecule has 1 aromatic heterocycles. The summed E-state index contributed by atoms with van der Waals surface area (Å²) in [5, 5.41) is 10.3. The number of hydrogen-bond donors (Lipinski definition) is 0. The minimum atomic E-state index is 1.10. The highest BCUT2D eigenvalue weighted by Gasteiger charge is 2.19. The van der Waals surface area contributed by atoms with Gasteiger partial charge in [-0.05, 0) is 106 Å². The summed E-state index contributed by atoms with van der Waals surface area (Å²) in [7, 11) is 0. The van der Waals surface area contributed by atoms with Crippen LogP contribution in [-0.4, -0.2) is 0 Å². The van der Waals surface area contributed by atoms with Crippen LogP contribution in [0.2, 0.25) is 0 Å². The van der Waals surface area contributed by atoms with Gasteiger partial charge < -0.3 is 9.80 Å². The van der Waals surface area contributed by atoms with E-state index in [1.54, 1.807) is 0 Å². The highest BCUT2D eigenvalue weighted by atomic mass is 32.1. The summed E-state index contributed by atoms with van der Waals surface area (Å²) < 4.78 is 2.66. The van der Waals surface area contributed by atoms with E-state index in [9.17, 15) is 0 Å². The molecule has 10 aromatic rings. The molecule has 0 amide bonds. The fourth-order valence-electron chi connectivity index (χ4n) is 7.65. The third kappa shape index (κ3) is 5.01. The zero-order chi connectivity index (χ0) is 33.7. The molecular weight excluding hydrogens is 637 g/mol. The minimum Gasteiger partial charge on any atom is -0.310 e. The predicted molar refractivity (Wildman–Crippen MR) is 221 cm³/mol. The molecule has 0 unspecified atom stereocenters. The van der Waals surface area contributed by atoms with Crippen molar-refractivity contribution >= 4 is 98.0 Å². The molecule has 51 heavy (non-hydrogen) atoms. The molecule has 1 heterocycles. The smallest absolute Gasteiger partial charge is 0.0468 e. The molecule has 3 heteroatoms. The van der Waals surface area contributed by atoms with E-state index in [1.807, 2.05) is 11.3 Å². The van der Waals surface area contributed by atoms with E-state index in [0.717, 1.165) is 34.1 Å². The summed E-state index contributed by atoms with van der Waals surface area (Å²) in [6, 6.07) is 70.2. The van der Waals surface area contributed by atoms with Gasteiger partial charge in [0.05, 0.1) is 0 Å². The summed E-state index contributed by atoms with van der Waals surface area (Å²) in [6.07, 6.45) is 0. The lowest BCUT2D eigenvalue weighted by Gasteiger charge is -2.28. The van der Waals surface area contributed by atoms with Gasteiger partial charge >= 0.3 is 0 Å². The Hall–Kier alpha value is -6.42. The van der Waals surface area contributed by atoms with Gasteiger partial charge in [0.15, 0.2) is 0 Å². The maximum absolute atomic E-state index is 2.39. The third-order valence-corrected chi connectivity index (χ3v) is 11.2. The van der Waals surface area contributed by atoms with E-state index in [-0.39, 0.29) is 0 Å². The number of fused-ring (bicyclic) bond motifs is 9. The van der Waals surface area contributed by atoms with Crippen molar-refractivity contribution in [1.29, 1.82) is 0 Å². The van der Waals surface area contributed by atoms with Gasteiger partial charge in [-0.1, -0.05) is 115 Å². The number of thiophene rings is 1. The Morgan fingerprint density at radius 3 is 1.45 bits per heavy atom. The van der Waals surface area contributed by atoms with Gasteiger partial charge in [-0.25, -0.2) is 0 Å². The summed E-state index contributed by atoms with van der Waals surface area (Å²) in [4.78, 5) is 4.71.